The average molecular weight is 609 g/mol. The van der Waals surface area contributed by atoms with Crippen LogP contribution in [0.2, 0.25) is 0 Å². The molecule has 43 heavy (non-hydrogen) atoms. The molecule has 226 valence electrons. The van der Waals surface area contributed by atoms with Crippen molar-refractivity contribution in [1.82, 2.24) is 15.3 Å². The number of sulfonamides is 1. The summed E-state index contributed by atoms with van der Waals surface area (Å²) in [6, 6.07) is 17.7. The molecule has 2 amide bonds. The van der Waals surface area contributed by atoms with E-state index in [1.165, 1.54) is 38.5 Å². The highest BCUT2D eigenvalue weighted by molar-refractivity contribution is 7.92. The minimum atomic E-state index is -4.21. The Bertz CT molecular complexity index is 1730. The molecule has 0 spiro atoms. The molecule has 4 N–H and O–H groups in total. The molecule has 0 aliphatic rings. The number of para-hydroxylation sites is 2. The minimum absolute atomic E-state index is 0.0588. The zero-order valence-corrected chi connectivity index (χ0v) is 25.0. The SMILES string of the molecule is COc1cc(Nc2nc3ccccc3nc2NS(=O)(=O)c2cccc(NC(=O)CNC(=O)OC(C)(C)C)c2)cc(OC)c1. The molecule has 0 radical (unpaired) electrons. The van der Waals surface area contributed by atoms with Crippen molar-refractivity contribution in [2.45, 2.75) is 31.3 Å². The predicted octanol–water partition coefficient (Wildman–Crippen LogP) is 4.65. The molecule has 4 rings (SSSR count). The van der Waals surface area contributed by atoms with E-state index in [1.54, 1.807) is 63.2 Å². The molecule has 0 aliphatic heterocycles. The third-order valence-electron chi connectivity index (χ3n) is 5.64. The Hall–Kier alpha value is -5.11. The highest BCUT2D eigenvalue weighted by atomic mass is 32.2. The fraction of sp³-hybridized carbons (Fsp3) is 0.241. The standard InChI is InChI=1S/C29H32N6O7S/c1-29(2,3)42-28(37)30-17-25(36)31-18-9-8-10-22(15-18)43(38,39)35-27-26(33-23-11-6-7-12-24(23)34-27)32-19-13-20(40-4)16-21(14-19)41-5/h6-16H,17H2,1-5H3,(H,30,37)(H,31,36)(H,32,33)(H,34,35). The molecule has 13 nitrogen and oxygen atoms in total. The molecular weight excluding hydrogens is 576 g/mol. The fourth-order valence-corrected chi connectivity index (χ4v) is 4.83. The van der Waals surface area contributed by atoms with Gasteiger partial charge in [0, 0.05) is 29.6 Å². The molecule has 0 bridgehead atoms. The van der Waals surface area contributed by atoms with Gasteiger partial charge in [0.15, 0.2) is 11.6 Å². The van der Waals surface area contributed by atoms with E-state index in [4.69, 9.17) is 14.2 Å². The number of ether oxygens (including phenoxy) is 3. The summed E-state index contributed by atoms with van der Waals surface area (Å²) in [6.45, 7) is 4.72. The number of aromatic nitrogens is 2. The first-order valence-corrected chi connectivity index (χ1v) is 14.5. The number of alkyl carbamates (subject to hydrolysis) is 1. The molecule has 0 atom stereocenters. The van der Waals surface area contributed by atoms with Crippen LogP contribution in [-0.2, 0) is 19.6 Å². The number of hydrogen-bond donors (Lipinski definition) is 4. The van der Waals surface area contributed by atoms with Gasteiger partial charge in [0.1, 0.15) is 23.6 Å². The zero-order chi connectivity index (χ0) is 31.2. The van der Waals surface area contributed by atoms with Crippen molar-refractivity contribution < 1.29 is 32.2 Å². The molecule has 0 saturated carbocycles. The van der Waals surface area contributed by atoms with Crippen LogP contribution in [0.5, 0.6) is 11.5 Å². The van der Waals surface area contributed by atoms with Gasteiger partial charge in [0.2, 0.25) is 5.91 Å². The molecule has 0 saturated heterocycles. The minimum Gasteiger partial charge on any atom is -0.497 e. The van der Waals surface area contributed by atoms with Gasteiger partial charge in [-0.3, -0.25) is 9.52 Å². The van der Waals surface area contributed by atoms with Crippen LogP contribution in [0.25, 0.3) is 11.0 Å². The number of benzene rings is 3. The van der Waals surface area contributed by atoms with Crippen LogP contribution in [0.4, 0.5) is 27.8 Å². The largest absolute Gasteiger partial charge is 0.497 e. The number of nitrogens with one attached hydrogen (secondary N) is 4. The third kappa shape index (κ3) is 8.45. The number of amides is 2. The van der Waals surface area contributed by atoms with Crippen molar-refractivity contribution in [3.8, 4) is 11.5 Å². The van der Waals surface area contributed by atoms with Crippen molar-refractivity contribution in [2.24, 2.45) is 0 Å². The Morgan fingerprint density at radius 2 is 1.44 bits per heavy atom. The number of rotatable bonds is 10. The van der Waals surface area contributed by atoms with E-state index in [-0.39, 0.29) is 28.8 Å². The molecule has 1 heterocycles. The van der Waals surface area contributed by atoms with Crippen LogP contribution in [0.1, 0.15) is 20.8 Å². The first kappa shape index (κ1) is 30.8. The van der Waals surface area contributed by atoms with Crippen LogP contribution in [-0.4, -0.2) is 56.8 Å². The highest BCUT2D eigenvalue weighted by Gasteiger charge is 2.21. The maximum Gasteiger partial charge on any atom is 0.408 e. The summed E-state index contributed by atoms with van der Waals surface area (Å²) >= 11 is 0. The van der Waals surface area contributed by atoms with E-state index >= 15 is 0 Å². The Labute approximate surface area is 249 Å². The number of fused-ring (bicyclic) bond motifs is 1. The van der Waals surface area contributed by atoms with Gasteiger partial charge in [-0.2, -0.15) is 0 Å². The summed E-state index contributed by atoms with van der Waals surface area (Å²) in [5, 5.41) is 8.01. The smallest absolute Gasteiger partial charge is 0.408 e. The summed E-state index contributed by atoms with van der Waals surface area (Å²) in [7, 11) is -1.18. The lowest BCUT2D eigenvalue weighted by atomic mass is 10.2. The number of carbonyl (C=O) groups excluding carboxylic acids is 2. The van der Waals surface area contributed by atoms with Gasteiger partial charge in [-0.1, -0.05) is 18.2 Å². The Kier molecular flexibility index (Phi) is 9.19. The van der Waals surface area contributed by atoms with Gasteiger partial charge in [0.05, 0.1) is 30.1 Å². The summed E-state index contributed by atoms with van der Waals surface area (Å²) in [5.41, 5.74) is 0.998. The average Bonchev–Trinajstić information content (AvgIpc) is 2.95. The predicted molar refractivity (Wildman–Crippen MR) is 162 cm³/mol. The number of nitrogens with zero attached hydrogens (tertiary/aromatic N) is 2. The van der Waals surface area contributed by atoms with Gasteiger partial charge >= 0.3 is 6.09 Å². The van der Waals surface area contributed by atoms with E-state index in [0.29, 0.717) is 28.2 Å². The third-order valence-corrected chi connectivity index (χ3v) is 6.97. The zero-order valence-electron chi connectivity index (χ0n) is 24.2. The van der Waals surface area contributed by atoms with E-state index in [1.807, 2.05) is 0 Å². The second-order valence-electron chi connectivity index (χ2n) is 10.2. The number of carbonyl (C=O) groups is 2. The number of methoxy groups -OCH3 is 2. The molecule has 0 fully saturated rings. The van der Waals surface area contributed by atoms with Crippen LogP contribution in [0.15, 0.2) is 71.6 Å². The normalized spacial score (nSPS) is 11.4. The van der Waals surface area contributed by atoms with Crippen LogP contribution < -0.4 is 30.1 Å². The Morgan fingerprint density at radius 3 is 2.05 bits per heavy atom. The molecular formula is C29H32N6O7S. The summed E-state index contributed by atoms with van der Waals surface area (Å²) < 4.78 is 45.3. The van der Waals surface area contributed by atoms with E-state index in [2.05, 4.69) is 30.6 Å². The van der Waals surface area contributed by atoms with E-state index in [0.717, 1.165) is 0 Å². The fourth-order valence-electron chi connectivity index (χ4n) is 3.77. The highest BCUT2D eigenvalue weighted by Crippen LogP contribution is 2.31. The maximum atomic E-state index is 13.5. The lowest BCUT2D eigenvalue weighted by Crippen LogP contribution is -2.37. The number of anilines is 4. The quantitative estimate of drug-likeness (QED) is 0.199. The van der Waals surface area contributed by atoms with Crippen LogP contribution in [0, 0.1) is 0 Å². The summed E-state index contributed by atoms with van der Waals surface area (Å²) in [5.74, 6) is 0.525. The molecule has 0 unspecified atom stereocenters. The Morgan fingerprint density at radius 1 is 0.814 bits per heavy atom. The monoisotopic (exact) mass is 608 g/mol. The van der Waals surface area contributed by atoms with Crippen molar-refractivity contribution in [3.63, 3.8) is 0 Å². The van der Waals surface area contributed by atoms with Crippen molar-refractivity contribution in [2.75, 3.05) is 36.1 Å². The van der Waals surface area contributed by atoms with Gasteiger partial charge in [-0.25, -0.2) is 23.2 Å². The van der Waals surface area contributed by atoms with Gasteiger partial charge in [-0.05, 0) is 51.1 Å². The maximum absolute atomic E-state index is 13.5. The molecule has 1 aromatic heterocycles. The van der Waals surface area contributed by atoms with Gasteiger partial charge in [0.25, 0.3) is 10.0 Å². The topological polar surface area (TPSA) is 170 Å². The molecule has 14 heteroatoms. The first-order valence-electron chi connectivity index (χ1n) is 13.0. The second kappa shape index (κ2) is 12.8. The van der Waals surface area contributed by atoms with Crippen molar-refractivity contribution in [3.05, 3.63) is 66.7 Å². The van der Waals surface area contributed by atoms with Gasteiger partial charge in [-0.15, -0.1) is 0 Å². The van der Waals surface area contributed by atoms with E-state index < -0.39 is 27.6 Å². The summed E-state index contributed by atoms with van der Waals surface area (Å²) in [6.07, 6.45) is -0.753. The van der Waals surface area contributed by atoms with Gasteiger partial charge < -0.3 is 30.2 Å². The van der Waals surface area contributed by atoms with Crippen LogP contribution >= 0.6 is 0 Å². The number of hydrogen-bond acceptors (Lipinski definition) is 10. The van der Waals surface area contributed by atoms with E-state index in [9.17, 15) is 18.0 Å². The molecule has 4 aromatic rings. The summed E-state index contributed by atoms with van der Waals surface area (Å²) in [4.78, 5) is 33.2. The first-order chi connectivity index (χ1) is 20.3. The lowest BCUT2D eigenvalue weighted by molar-refractivity contribution is -0.115. The van der Waals surface area contributed by atoms with Crippen molar-refractivity contribution >= 4 is 56.1 Å². The lowest BCUT2D eigenvalue weighted by Gasteiger charge is -2.19. The molecule has 3 aromatic carbocycles. The molecule has 0 aliphatic carbocycles. The van der Waals surface area contributed by atoms with Crippen LogP contribution in [0.3, 0.4) is 0 Å². The second-order valence-corrected chi connectivity index (χ2v) is 11.9. The Balaban J connectivity index is 1.57. The van der Waals surface area contributed by atoms with Crippen molar-refractivity contribution in [1.29, 1.82) is 0 Å².